The number of ketones is 1. The molecule has 1 aromatic heterocycles. The number of carbonyl (C=O) groups is 1. The molecule has 1 aliphatic rings. The van der Waals surface area contributed by atoms with Crippen molar-refractivity contribution in [1.82, 2.24) is 19.8 Å². The average molecular weight is 584 g/mol. The largest absolute Gasteiger partial charge is 0.416 e. The van der Waals surface area contributed by atoms with E-state index in [-0.39, 0.29) is 30.1 Å². The van der Waals surface area contributed by atoms with Gasteiger partial charge in [0.2, 0.25) is 0 Å². The molecule has 1 saturated heterocycles. The summed E-state index contributed by atoms with van der Waals surface area (Å²) in [4.78, 5) is 25.2. The number of rotatable bonds is 7. The first-order valence-corrected chi connectivity index (χ1v) is 16.0. The topological polar surface area (TPSA) is 92.4 Å². The summed E-state index contributed by atoms with van der Waals surface area (Å²) in [7, 11) is -2.20. The van der Waals surface area contributed by atoms with Crippen LogP contribution in [0.4, 0.5) is 19.0 Å². The molecular weight excluding hydrogens is 550 g/mol. The van der Waals surface area contributed by atoms with E-state index >= 15 is 0 Å². The van der Waals surface area contributed by atoms with Crippen molar-refractivity contribution in [2.75, 3.05) is 51.5 Å². The van der Waals surface area contributed by atoms with Crippen LogP contribution in [0.1, 0.15) is 43.9 Å². The van der Waals surface area contributed by atoms with E-state index in [1.165, 1.54) is 18.5 Å². The van der Waals surface area contributed by atoms with Gasteiger partial charge in [-0.1, -0.05) is 30.2 Å². The molecule has 216 valence electrons. The Labute approximate surface area is 238 Å². The third kappa shape index (κ3) is 8.74. The maximum Gasteiger partial charge on any atom is 0.416 e. The first-order valence-electron chi connectivity index (χ1n) is 13.2. The van der Waals surface area contributed by atoms with Crippen LogP contribution in [0.2, 0.25) is 0 Å². The number of nitrogens with two attached hydrogens (primary N) is 1. The van der Waals surface area contributed by atoms with Gasteiger partial charge in [-0.25, -0.2) is 9.97 Å². The Hall–Kier alpha value is -3.51. The lowest BCUT2D eigenvalue weighted by Crippen LogP contribution is -2.46. The molecule has 1 fully saturated rings. The Morgan fingerprint density at radius 1 is 1.00 bits per heavy atom. The van der Waals surface area contributed by atoms with E-state index < -0.39 is 18.9 Å². The third-order valence-electron chi connectivity index (χ3n) is 6.80. The molecule has 0 spiro atoms. The normalized spacial score (nSPS) is 14.9. The molecule has 2 heterocycles. The Bertz CT molecular complexity index is 1520. The lowest BCUT2D eigenvalue weighted by molar-refractivity contribution is -0.138. The van der Waals surface area contributed by atoms with Gasteiger partial charge in [0.1, 0.15) is 11.5 Å². The number of nitrogens with zero attached hydrogens (tertiary/aromatic N) is 4. The molecule has 0 saturated carbocycles. The smallest absolute Gasteiger partial charge is 0.382 e. The number of halogens is 3. The van der Waals surface area contributed by atoms with Crippen LogP contribution in [0.25, 0.3) is 0 Å². The Morgan fingerprint density at radius 3 is 2.34 bits per heavy atom. The number of Topliss-reactive ketones (excluding diaryl/α,β-unsaturated/α-hetero) is 1. The molecule has 2 N–H and O–H groups in total. The molecule has 0 aliphatic carbocycles. The van der Waals surface area contributed by atoms with Gasteiger partial charge in [-0.3, -0.25) is 14.6 Å². The number of nitrogen functional groups attached to an aromatic ring is 1. The maximum atomic E-state index is 14.1. The van der Waals surface area contributed by atoms with E-state index in [4.69, 9.17) is 5.73 Å². The van der Waals surface area contributed by atoms with Crippen LogP contribution in [0.15, 0.2) is 48.8 Å². The zero-order chi connectivity index (χ0) is 29.8. The summed E-state index contributed by atoms with van der Waals surface area (Å²) >= 11 is 0. The number of aryl methyl sites for hydroxylation is 1. The van der Waals surface area contributed by atoms with Crippen LogP contribution in [-0.4, -0.2) is 71.3 Å². The van der Waals surface area contributed by atoms with E-state index in [1.807, 2.05) is 11.8 Å². The molecule has 3 aromatic rings. The number of hydrogen-bond acceptors (Lipinski definition) is 7. The van der Waals surface area contributed by atoms with Gasteiger partial charge in [-0.15, -0.1) is 0 Å². The van der Waals surface area contributed by atoms with Gasteiger partial charge in [-0.2, -0.15) is 13.2 Å². The van der Waals surface area contributed by atoms with E-state index in [0.717, 1.165) is 11.6 Å². The first kappa shape index (κ1) is 30.4. The molecule has 0 amide bonds. The fraction of sp³-hybridized carbons (Fsp3) is 0.367. The van der Waals surface area contributed by atoms with Gasteiger partial charge >= 0.3 is 6.18 Å². The van der Waals surface area contributed by atoms with E-state index in [0.29, 0.717) is 54.8 Å². The standard InChI is InChI=1S/C30H33F3N5O2P/c1-21-4-6-24(16-23(21)8-9-26-17-36-29(34)18-35-26)28(39)15-22-5-7-25(27(14-22)30(31,32)33)19-37-10-12-38(13-11-37)20-41(2,3)40/h4-7,14,16-18H,10-13,15,19-20H2,1-3H3,(H2,34,36). The molecule has 4 rings (SSSR count). The van der Waals surface area contributed by atoms with Crippen molar-refractivity contribution in [3.05, 3.63) is 87.9 Å². The van der Waals surface area contributed by atoms with Gasteiger partial charge < -0.3 is 10.3 Å². The summed E-state index contributed by atoms with van der Waals surface area (Å²) in [6.45, 7) is 8.02. The van der Waals surface area contributed by atoms with Crippen LogP contribution >= 0.6 is 7.14 Å². The number of piperazine rings is 1. The van der Waals surface area contributed by atoms with Crippen molar-refractivity contribution < 1.29 is 22.5 Å². The van der Waals surface area contributed by atoms with E-state index in [9.17, 15) is 22.5 Å². The fourth-order valence-corrected chi connectivity index (χ4v) is 5.94. The van der Waals surface area contributed by atoms with Gasteiger partial charge in [-0.05, 0) is 55.0 Å². The summed E-state index contributed by atoms with van der Waals surface area (Å²) in [5.74, 6) is 5.84. The zero-order valence-electron chi connectivity index (χ0n) is 23.3. The summed E-state index contributed by atoms with van der Waals surface area (Å²) in [5, 5.41) is 0. The fourth-order valence-electron chi connectivity index (χ4n) is 4.70. The predicted molar refractivity (Wildman–Crippen MR) is 154 cm³/mol. The van der Waals surface area contributed by atoms with Crippen LogP contribution in [-0.2, 0) is 23.7 Å². The van der Waals surface area contributed by atoms with E-state index in [1.54, 1.807) is 37.6 Å². The number of alkyl halides is 3. The molecule has 0 radical (unpaired) electrons. The minimum atomic E-state index is -4.55. The highest BCUT2D eigenvalue weighted by molar-refractivity contribution is 7.62. The Balaban J connectivity index is 1.47. The minimum absolute atomic E-state index is 0.158. The molecular formula is C30H33F3N5O2P. The minimum Gasteiger partial charge on any atom is -0.382 e. The molecule has 11 heteroatoms. The molecule has 0 bridgehead atoms. The third-order valence-corrected chi connectivity index (χ3v) is 7.88. The van der Waals surface area contributed by atoms with Crippen molar-refractivity contribution in [3.8, 4) is 11.8 Å². The quantitative estimate of drug-likeness (QED) is 0.240. The van der Waals surface area contributed by atoms with Gasteiger partial charge in [0.25, 0.3) is 0 Å². The molecule has 0 atom stereocenters. The molecule has 1 aliphatic heterocycles. The number of carbonyl (C=O) groups excluding carboxylic acids is 1. The number of aromatic nitrogens is 2. The van der Waals surface area contributed by atoms with Crippen molar-refractivity contribution in [3.63, 3.8) is 0 Å². The van der Waals surface area contributed by atoms with Crippen LogP contribution in [0, 0.1) is 18.8 Å². The van der Waals surface area contributed by atoms with Gasteiger partial charge in [0.05, 0.1) is 31.4 Å². The van der Waals surface area contributed by atoms with Crippen LogP contribution in [0.5, 0.6) is 0 Å². The molecule has 0 unspecified atom stereocenters. The monoisotopic (exact) mass is 583 g/mol. The SMILES string of the molecule is Cc1ccc(C(=O)Cc2ccc(CN3CCN(CP(C)(C)=O)CC3)c(C(F)(F)F)c2)cc1C#Cc1cnc(N)cn1. The summed E-state index contributed by atoms with van der Waals surface area (Å²) < 4.78 is 54.3. The highest BCUT2D eigenvalue weighted by Gasteiger charge is 2.34. The number of hydrogen-bond donors (Lipinski definition) is 1. The summed E-state index contributed by atoms with van der Waals surface area (Å²) in [6, 6.07) is 9.21. The maximum absolute atomic E-state index is 14.1. The summed E-state index contributed by atoms with van der Waals surface area (Å²) in [5.41, 5.74) is 7.54. The van der Waals surface area contributed by atoms with Crippen molar-refractivity contribution >= 4 is 18.7 Å². The molecule has 41 heavy (non-hydrogen) atoms. The van der Waals surface area contributed by atoms with E-state index in [2.05, 4.69) is 26.7 Å². The second kappa shape index (κ2) is 12.6. The Morgan fingerprint density at radius 2 is 1.71 bits per heavy atom. The van der Waals surface area contributed by atoms with Crippen molar-refractivity contribution in [1.29, 1.82) is 0 Å². The zero-order valence-corrected chi connectivity index (χ0v) is 24.2. The number of anilines is 1. The molecule has 2 aromatic carbocycles. The first-order chi connectivity index (χ1) is 19.3. The second-order valence-electron chi connectivity index (χ2n) is 10.8. The Kier molecular flexibility index (Phi) is 9.33. The van der Waals surface area contributed by atoms with Gasteiger partial charge in [0, 0.05) is 50.3 Å². The lowest BCUT2D eigenvalue weighted by atomic mass is 9.96. The average Bonchev–Trinajstić information content (AvgIpc) is 2.89. The van der Waals surface area contributed by atoms with Crippen molar-refractivity contribution in [2.24, 2.45) is 0 Å². The van der Waals surface area contributed by atoms with Gasteiger partial charge in [0.15, 0.2) is 5.78 Å². The highest BCUT2D eigenvalue weighted by Crippen LogP contribution is 2.37. The van der Waals surface area contributed by atoms with Crippen LogP contribution < -0.4 is 5.73 Å². The highest BCUT2D eigenvalue weighted by atomic mass is 31.2. The van der Waals surface area contributed by atoms with Crippen LogP contribution in [0.3, 0.4) is 0 Å². The number of benzene rings is 2. The van der Waals surface area contributed by atoms with Crippen molar-refractivity contribution in [2.45, 2.75) is 26.1 Å². The predicted octanol–water partition coefficient (Wildman–Crippen LogP) is 4.91. The lowest BCUT2D eigenvalue weighted by Gasteiger charge is -2.35. The molecule has 7 nitrogen and oxygen atoms in total. The second-order valence-corrected chi connectivity index (χ2v) is 14.2. The summed E-state index contributed by atoms with van der Waals surface area (Å²) in [6.07, 6.45) is -1.36.